The van der Waals surface area contributed by atoms with E-state index < -0.39 is 0 Å². The van der Waals surface area contributed by atoms with Gasteiger partial charge < -0.3 is 10.4 Å². The van der Waals surface area contributed by atoms with Gasteiger partial charge in [-0.1, -0.05) is 19.8 Å². The summed E-state index contributed by atoms with van der Waals surface area (Å²) >= 11 is 0. The summed E-state index contributed by atoms with van der Waals surface area (Å²) in [6.45, 7) is 3.12. The highest BCUT2D eigenvalue weighted by atomic mass is 16.5. The van der Waals surface area contributed by atoms with Crippen molar-refractivity contribution in [2.75, 3.05) is 6.54 Å². The third-order valence-electron chi connectivity index (χ3n) is 3.38. The predicted octanol–water partition coefficient (Wildman–Crippen LogP) is 1.50. The Morgan fingerprint density at radius 3 is 2.83 bits per heavy atom. The number of rotatable bonds is 0. The van der Waals surface area contributed by atoms with Gasteiger partial charge in [-0.15, -0.1) is 0 Å². The van der Waals surface area contributed by atoms with E-state index in [2.05, 4.69) is 12.3 Å². The van der Waals surface area contributed by atoms with Crippen LogP contribution < -0.4 is 5.43 Å². The van der Waals surface area contributed by atoms with Gasteiger partial charge in [0.05, 0.1) is 0 Å². The van der Waals surface area contributed by atoms with Crippen molar-refractivity contribution in [2.45, 2.75) is 38.6 Å². The average Bonchev–Trinajstić information content (AvgIpc) is 2.12. The molecule has 1 aliphatic carbocycles. The molecule has 2 fully saturated rings. The van der Waals surface area contributed by atoms with Crippen LogP contribution in [-0.4, -0.2) is 17.8 Å². The van der Waals surface area contributed by atoms with Crippen molar-refractivity contribution < 1.29 is 0 Å². The topological polar surface area (TPSA) is 38.3 Å². The molecule has 1 aliphatic heterocycles. The fourth-order valence-electron chi connectivity index (χ4n) is 2.60. The predicted molar refractivity (Wildman–Crippen MR) is 48.1 cm³/mol. The van der Waals surface area contributed by atoms with Crippen molar-refractivity contribution in [3.63, 3.8) is 0 Å². The van der Waals surface area contributed by atoms with Crippen LogP contribution in [0.15, 0.2) is 0 Å². The Kier molecular flexibility index (Phi) is 2.35. The highest BCUT2D eigenvalue weighted by molar-refractivity contribution is 4.89. The standard InChI is InChI=1S/C9H17N2O/c1-7-6-10-11(12)9-5-3-2-4-8(7)9/h7-10H,2-6H2,1H3/q-1. The number of hydrogen-bond donors (Lipinski definition) is 1. The van der Waals surface area contributed by atoms with Gasteiger partial charge in [0.25, 0.3) is 0 Å². The largest absolute Gasteiger partial charge is 0.771 e. The summed E-state index contributed by atoms with van der Waals surface area (Å²) in [5.74, 6) is 1.33. The number of nitrogens with zero attached hydrogens (tertiary/aromatic N) is 1. The van der Waals surface area contributed by atoms with Crippen molar-refractivity contribution in [1.29, 1.82) is 0 Å². The molecule has 12 heavy (non-hydrogen) atoms. The molecule has 0 aromatic rings. The zero-order valence-electron chi connectivity index (χ0n) is 7.62. The lowest BCUT2D eigenvalue weighted by Gasteiger charge is -2.51. The second-order valence-corrected chi connectivity index (χ2v) is 4.18. The molecule has 3 atom stereocenters. The van der Waals surface area contributed by atoms with Crippen molar-refractivity contribution in [1.82, 2.24) is 10.6 Å². The molecule has 70 valence electrons. The van der Waals surface area contributed by atoms with Gasteiger partial charge in [0.2, 0.25) is 0 Å². The van der Waals surface area contributed by atoms with E-state index in [9.17, 15) is 5.21 Å². The molecule has 0 aromatic carbocycles. The molecule has 1 saturated heterocycles. The van der Waals surface area contributed by atoms with Crippen LogP contribution in [0.2, 0.25) is 0 Å². The van der Waals surface area contributed by atoms with E-state index in [1.807, 2.05) is 0 Å². The fraction of sp³-hybridized carbons (Fsp3) is 1.00. The molecule has 0 spiro atoms. The lowest BCUT2D eigenvalue weighted by Crippen LogP contribution is -2.55. The first-order valence-electron chi connectivity index (χ1n) is 4.99. The summed E-state index contributed by atoms with van der Waals surface area (Å²) in [5.41, 5.74) is 2.91. The molecular weight excluding hydrogens is 152 g/mol. The first kappa shape index (κ1) is 8.48. The summed E-state index contributed by atoms with van der Waals surface area (Å²) in [6.07, 6.45) is 4.89. The Morgan fingerprint density at radius 2 is 2.08 bits per heavy atom. The number of hydrogen-bond acceptors (Lipinski definition) is 3. The van der Waals surface area contributed by atoms with Crippen LogP contribution in [-0.2, 0) is 0 Å². The van der Waals surface area contributed by atoms with Crippen molar-refractivity contribution >= 4 is 0 Å². The number of fused-ring (bicyclic) bond motifs is 1. The molecule has 1 saturated carbocycles. The first-order chi connectivity index (χ1) is 5.79. The van der Waals surface area contributed by atoms with Gasteiger partial charge in [-0.05, 0) is 24.7 Å². The van der Waals surface area contributed by atoms with Gasteiger partial charge in [0.15, 0.2) is 0 Å². The van der Waals surface area contributed by atoms with Gasteiger partial charge in [-0.2, -0.15) is 0 Å². The zero-order chi connectivity index (χ0) is 8.55. The first-order valence-corrected chi connectivity index (χ1v) is 4.99. The molecule has 2 rings (SSSR count). The zero-order valence-corrected chi connectivity index (χ0v) is 7.62. The van der Waals surface area contributed by atoms with Gasteiger partial charge in [0.1, 0.15) is 0 Å². The summed E-state index contributed by atoms with van der Waals surface area (Å²) in [7, 11) is 0. The molecule has 0 radical (unpaired) electrons. The molecule has 3 heteroatoms. The van der Waals surface area contributed by atoms with Crippen molar-refractivity contribution in [3.8, 4) is 0 Å². The lowest BCUT2D eigenvalue weighted by atomic mass is 9.76. The summed E-state index contributed by atoms with van der Waals surface area (Å²) in [5, 5.41) is 12.5. The van der Waals surface area contributed by atoms with Crippen LogP contribution in [0.25, 0.3) is 0 Å². The fourth-order valence-corrected chi connectivity index (χ4v) is 2.60. The number of hydroxylamine groups is 1. The van der Waals surface area contributed by atoms with E-state index >= 15 is 0 Å². The van der Waals surface area contributed by atoms with Crippen LogP contribution in [0, 0.1) is 17.0 Å². The van der Waals surface area contributed by atoms with Crippen molar-refractivity contribution in [2.24, 2.45) is 11.8 Å². The van der Waals surface area contributed by atoms with E-state index in [4.69, 9.17) is 0 Å². The maximum absolute atomic E-state index is 11.4. The smallest absolute Gasteiger partial charge is 0.0139 e. The van der Waals surface area contributed by atoms with E-state index in [0.717, 1.165) is 18.1 Å². The van der Waals surface area contributed by atoms with Crippen LogP contribution >= 0.6 is 0 Å². The second-order valence-electron chi connectivity index (χ2n) is 4.18. The van der Waals surface area contributed by atoms with E-state index in [1.54, 1.807) is 0 Å². The Labute approximate surface area is 73.7 Å². The molecule has 3 unspecified atom stereocenters. The molecule has 0 bridgehead atoms. The molecule has 1 N–H and O–H groups in total. The quantitative estimate of drug-likeness (QED) is 0.597. The molecule has 1 heterocycles. The monoisotopic (exact) mass is 169 g/mol. The van der Waals surface area contributed by atoms with Gasteiger partial charge in [-0.3, -0.25) is 5.43 Å². The Morgan fingerprint density at radius 1 is 1.33 bits per heavy atom. The third-order valence-corrected chi connectivity index (χ3v) is 3.38. The highest BCUT2D eigenvalue weighted by Crippen LogP contribution is 2.34. The second kappa shape index (κ2) is 3.32. The lowest BCUT2D eigenvalue weighted by molar-refractivity contribution is 0.0229. The van der Waals surface area contributed by atoms with Crippen LogP contribution in [0.3, 0.4) is 0 Å². The minimum Gasteiger partial charge on any atom is -0.771 e. The minimum atomic E-state index is 0.266. The molecule has 2 aliphatic rings. The molecular formula is C9H17N2O-. The summed E-state index contributed by atoms with van der Waals surface area (Å²) in [4.78, 5) is 0. The van der Waals surface area contributed by atoms with Gasteiger partial charge >= 0.3 is 0 Å². The molecule has 3 nitrogen and oxygen atoms in total. The molecule has 0 amide bonds. The average molecular weight is 169 g/mol. The Hall–Kier alpha value is -0.120. The van der Waals surface area contributed by atoms with Crippen LogP contribution in [0.1, 0.15) is 32.6 Å². The summed E-state index contributed by atoms with van der Waals surface area (Å²) in [6, 6.07) is 0.266. The van der Waals surface area contributed by atoms with E-state index in [-0.39, 0.29) is 6.04 Å². The Bertz CT molecular complexity index is 145. The van der Waals surface area contributed by atoms with Gasteiger partial charge in [-0.25, -0.2) is 0 Å². The summed E-state index contributed by atoms with van der Waals surface area (Å²) < 4.78 is 0. The van der Waals surface area contributed by atoms with E-state index in [1.165, 1.54) is 19.3 Å². The van der Waals surface area contributed by atoms with Crippen LogP contribution in [0.5, 0.6) is 0 Å². The number of hydrazine groups is 1. The highest BCUT2D eigenvalue weighted by Gasteiger charge is 2.33. The maximum atomic E-state index is 11.4. The molecule has 0 aromatic heterocycles. The Balaban J connectivity index is 2.05. The maximum Gasteiger partial charge on any atom is 0.0139 e. The van der Waals surface area contributed by atoms with E-state index in [0.29, 0.717) is 11.8 Å². The SMILES string of the molecule is CC1CNN([O-])C2CCCCC12. The normalized spacial score (nSPS) is 44.0. The van der Waals surface area contributed by atoms with Crippen LogP contribution in [0.4, 0.5) is 0 Å². The van der Waals surface area contributed by atoms with Crippen molar-refractivity contribution in [3.05, 3.63) is 5.21 Å². The third kappa shape index (κ3) is 1.37. The van der Waals surface area contributed by atoms with Gasteiger partial charge in [0, 0.05) is 12.6 Å². The number of nitrogens with one attached hydrogen (secondary N) is 1. The minimum absolute atomic E-state index is 0.266.